The highest BCUT2D eigenvalue weighted by Crippen LogP contribution is 2.12. The Bertz CT molecular complexity index is 987. The van der Waals surface area contributed by atoms with Crippen molar-refractivity contribution in [2.45, 2.75) is 6.92 Å². The van der Waals surface area contributed by atoms with Gasteiger partial charge in [0.05, 0.1) is 30.8 Å². The predicted molar refractivity (Wildman–Crippen MR) is 90.0 cm³/mol. The average molecular weight is 339 g/mol. The Morgan fingerprint density at radius 3 is 2.76 bits per heavy atom. The van der Waals surface area contributed by atoms with Crippen molar-refractivity contribution in [2.24, 2.45) is 0 Å². The first-order valence-corrected chi connectivity index (χ1v) is 8.05. The molecule has 1 amide bonds. The van der Waals surface area contributed by atoms with Gasteiger partial charge in [-0.2, -0.15) is 4.52 Å². The molecular weight excluding hydrogens is 322 g/mol. The third-order valence-electron chi connectivity index (χ3n) is 4.27. The monoisotopic (exact) mass is 339 g/mol. The van der Waals surface area contributed by atoms with Crippen LogP contribution in [0.4, 0.5) is 0 Å². The topological polar surface area (TPSA) is 81.7 Å². The molecule has 0 N–H and O–H groups in total. The predicted octanol–water partition coefficient (Wildman–Crippen LogP) is 0.661. The van der Waals surface area contributed by atoms with Crippen LogP contribution in [0.1, 0.15) is 16.1 Å². The number of hydrogen-bond donors (Lipinski definition) is 0. The minimum absolute atomic E-state index is 0.100. The lowest BCUT2D eigenvalue weighted by atomic mass is 10.2. The van der Waals surface area contributed by atoms with E-state index >= 15 is 0 Å². The summed E-state index contributed by atoms with van der Waals surface area (Å²) in [5.74, 6) is -0.299. The summed E-state index contributed by atoms with van der Waals surface area (Å²) in [6, 6.07) is 5.36. The molecular formula is C17H17N5O3. The summed E-state index contributed by atoms with van der Waals surface area (Å²) in [7, 11) is 0. The second kappa shape index (κ2) is 6.14. The zero-order valence-corrected chi connectivity index (χ0v) is 13.8. The zero-order chi connectivity index (χ0) is 17.4. The van der Waals surface area contributed by atoms with Crippen molar-refractivity contribution in [3.05, 3.63) is 58.4 Å². The molecule has 3 aromatic rings. The van der Waals surface area contributed by atoms with Crippen LogP contribution in [0, 0.1) is 6.92 Å². The van der Waals surface area contributed by atoms with Gasteiger partial charge in [-0.1, -0.05) is 0 Å². The van der Waals surface area contributed by atoms with Crippen molar-refractivity contribution in [3.8, 4) is 5.69 Å². The molecule has 4 rings (SSSR count). The minimum atomic E-state index is -0.382. The number of hydrogen-bond acceptors (Lipinski definition) is 5. The number of morpholine rings is 1. The quantitative estimate of drug-likeness (QED) is 0.685. The van der Waals surface area contributed by atoms with E-state index in [1.165, 1.54) is 4.52 Å². The van der Waals surface area contributed by atoms with E-state index < -0.39 is 0 Å². The van der Waals surface area contributed by atoms with E-state index in [0.717, 1.165) is 5.69 Å². The second-order valence-corrected chi connectivity index (χ2v) is 5.82. The van der Waals surface area contributed by atoms with Crippen LogP contribution in [0.15, 0.2) is 41.6 Å². The van der Waals surface area contributed by atoms with E-state index in [2.05, 4.69) is 9.97 Å². The van der Waals surface area contributed by atoms with Gasteiger partial charge in [0.1, 0.15) is 5.56 Å². The molecule has 3 aromatic heterocycles. The minimum Gasteiger partial charge on any atom is -0.378 e. The van der Waals surface area contributed by atoms with E-state index in [4.69, 9.17) is 4.74 Å². The smallest absolute Gasteiger partial charge is 0.286 e. The Hall–Kier alpha value is -3.00. The van der Waals surface area contributed by atoms with Crippen LogP contribution in [0.2, 0.25) is 0 Å². The van der Waals surface area contributed by atoms with Crippen LogP contribution in [0.3, 0.4) is 0 Å². The summed E-state index contributed by atoms with van der Waals surface area (Å²) in [6.45, 7) is 3.60. The van der Waals surface area contributed by atoms with Gasteiger partial charge in [-0.15, -0.1) is 0 Å². The summed E-state index contributed by atoms with van der Waals surface area (Å²) in [4.78, 5) is 36.1. The van der Waals surface area contributed by atoms with Gasteiger partial charge in [-0.25, -0.2) is 4.98 Å². The second-order valence-electron chi connectivity index (χ2n) is 5.82. The number of aromatic nitrogens is 4. The Balaban J connectivity index is 1.88. The van der Waals surface area contributed by atoms with Gasteiger partial charge in [0, 0.05) is 31.5 Å². The maximum atomic E-state index is 13.1. The molecule has 8 heteroatoms. The number of amides is 1. The van der Waals surface area contributed by atoms with Crippen molar-refractivity contribution in [2.75, 3.05) is 26.3 Å². The summed E-state index contributed by atoms with van der Waals surface area (Å²) in [5.41, 5.74) is 1.36. The molecule has 25 heavy (non-hydrogen) atoms. The maximum Gasteiger partial charge on any atom is 0.286 e. The largest absolute Gasteiger partial charge is 0.378 e. The molecule has 0 saturated carbocycles. The summed E-state index contributed by atoms with van der Waals surface area (Å²) in [6.07, 6.45) is 5.05. The number of nitrogens with zero attached hydrogens (tertiary/aromatic N) is 5. The van der Waals surface area contributed by atoms with Crippen molar-refractivity contribution in [1.29, 1.82) is 0 Å². The van der Waals surface area contributed by atoms with E-state index in [1.54, 1.807) is 47.2 Å². The van der Waals surface area contributed by atoms with Crippen LogP contribution in [-0.2, 0) is 4.74 Å². The number of rotatable bonds is 2. The number of carbonyl (C=O) groups is 1. The molecule has 0 atom stereocenters. The van der Waals surface area contributed by atoms with Crippen molar-refractivity contribution >= 4 is 11.6 Å². The Morgan fingerprint density at radius 2 is 2.04 bits per heavy atom. The molecule has 0 radical (unpaired) electrons. The highest BCUT2D eigenvalue weighted by atomic mass is 16.5. The first-order chi connectivity index (χ1) is 12.2. The van der Waals surface area contributed by atoms with Gasteiger partial charge in [0.2, 0.25) is 0 Å². The highest BCUT2D eigenvalue weighted by Gasteiger charge is 2.25. The number of pyridine rings is 1. The van der Waals surface area contributed by atoms with Crippen LogP contribution in [0.5, 0.6) is 0 Å². The Morgan fingerprint density at radius 1 is 1.24 bits per heavy atom. The molecule has 0 unspecified atom stereocenters. The summed E-state index contributed by atoms with van der Waals surface area (Å²) < 4.78 is 8.32. The number of fused-ring (bicyclic) bond motifs is 1. The van der Waals surface area contributed by atoms with Gasteiger partial charge in [-0.05, 0) is 19.1 Å². The fourth-order valence-electron chi connectivity index (χ4n) is 3.02. The average Bonchev–Trinajstić information content (AvgIpc) is 3.07. The number of aryl methyl sites for hydroxylation is 1. The van der Waals surface area contributed by atoms with Crippen LogP contribution < -0.4 is 5.56 Å². The normalized spacial score (nSPS) is 14.8. The van der Waals surface area contributed by atoms with Gasteiger partial charge in [0.25, 0.3) is 11.5 Å². The SMILES string of the molecule is Cc1nc2ccn(-c3cccnc3)n2c(=O)c1C(=O)N1CCOCC1. The van der Waals surface area contributed by atoms with Crippen LogP contribution >= 0.6 is 0 Å². The van der Waals surface area contributed by atoms with Gasteiger partial charge >= 0.3 is 0 Å². The Kier molecular flexibility index (Phi) is 3.81. The molecule has 0 bridgehead atoms. The van der Waals surface area contributed by atoms with Crippen molar-refractivity contribution in [3.63, 3.8) is 0 Å². The maximum absolute atomic E-state index is 13.1. The molecule has 128 valence electrons. The molecule has 0 aromatic carbocycles. The third kappa shape index (κ3) is 2.60. The zero-order valence-electron chi connectivity index (χ0n) is 13.8. The fraction of sp³-hybridized carbons (Fsp3) is 0.294. The molecule has 1 aliphatic heterocycles. The van der Waals surface area contributed by atoms with E-state index in [0.29, 0.717) is 37.6 Å². The lowest BCUT2D eigenvalue weighted by Crippen LogP contribution is -2.43. The molecule has 1 fully saturated rings. The summed E-state index contributed by atoms with van der Waals surface area (Å²) in [5, 5.41) is 0. The lowest BCUT2D eigenvalue weighted by Gasteiger charge is -2.27. The first-order valence-electron chi connectivity index (χ1n) is 8.05. The van der Waals surface area contributed by atoms with E-state index in [9.17, 15) is 9.59 Å². The van der Waals surface area contributed by atoms with Crippen LogP contribution in [-0.4, -0.2) is 56.3 Å². The third-order valence-corrected chi connectivity index (χ3v) is 4.27. The number of carbonyl (C=O) groups excluding carboxylic acids is 1. The molecule has 1 saturated heterocycles. The molecule has 0 spiro atoms. The van der Waals surface area contributed by atoms with Gasteiger partial charge in [-0.3, -0.25) is 19.3 Å². The Labute approximate surface area is 143 Å². The lowest BCUT2D eigenvalue weighted by molar-refractivity contribution is 0.0300. The van der Waals surface area contributed by atoms with Crippen molar-refractivity contribution in [1.82, 2.24) is 24.1 Å². The molecule has 8 nitrogen and oxygen atoms in total. The molecule has 0 aliphatic carbocycles. The van der Waals surface area contributed by atoms with Crippen LogP contribution in [0.25, 0.3) is 11.3 Å². The van der Waals surface area contributed by atoms with Gasteiger partial charge < -0.3 is 9.64 Å². The fourth-order valence-corrected chi connectivity index (χ4v) is 3.02. The van der Waals surface area contributed by atoms with E-state index in [1.807, 2.05) is 6.07 Å². The highest BCUT2D eigenvalue weighted by molar-refractivity contribution is 5.95. The first kappa shape index (κ1) is 15.5. The van der Waals surface area contributed by atoms with Crippen molar-refractivity contribution < 1.29 is 9.53 Å². The standard InChI is InChI=1S/C17H17N5O3/c1-12-15(16(23)20-7-9-25-10-8-20)17(24)22-14(19-12)4-6-21(22)13-3-2-5-18-11-13/h2-6,11H,7-10H2,1H3. The molecule has 4 heterocycles. The van der Waals surface area contributed by atoms with E-state index in [-0.39, 0.29) is 17.0 Å². The number of ether oxygens (including phenoxy) is 1. The molecule has 1 aliphatic rings. The van der Waals surface area contributed by atoms with Gasteiger partial charge in [0.15, 0.2) is 5.65 Å². The summed E-state index contributed by atoms with van der Waals surface area (Å²) >= 11 is 0.